The minimum atomic E-state index is -0.429. The summed E-state index contributed by atoms with van der Waals surface area (Å²) in [5.41, 5.74) is 3.82. The Bertz CT molecular complexity index is 1210. The number of amidine groups is 2. The van der Waals surface area contributed by atoms with E-state index in [1.54, 1.807) is 13.2 Å². The van der Waals surface area contributed by atoms with E-state index < -0.39 is 5.91 Å². The van der Waals surface area contributed by atoms with Gasteiger partial charge in [0, 0.05) is 23.0 Å². The number of rotatable bonds is 4. The summed E-state index contributed by atoms with van der Waals surface area (Å²) in [4.78, 5) is 16.8. The molecule has 31 heavy (non-hydrogen) atoms. The number of thioether (sulfide) groups is 1. The van der Waals surface area contributed by atoms with Crippen LogP contribution in [0, 0.1) is 25.2 Å². The van der Waals surface area contributed by atoms with Gasteiger partial charge in [-0.2, -0.15) is 15.1 Å². The van der Waals surface area contributed by atoms with Crippen LogP contribution in [0.4, 0.5) is 0 Å². The fraction of sp³-hybridized carbons (Fsp3) is 0.273. The highest BCUT2D eigenvalue weighted by Gasteiger charge is 2.36. The number of methoxy groups -OCH3 is 1. The number of aryl methyl sites for hydroxylation is 1. The lowest BCUT2D eigenvalue weighted by Gasteiger charge is -2.20. The number of hydrogen-bond donors (Lipinski definition) is 1. The van der Waals surface area contributed by atoms with Crippen molar-refractivity contribution >= 4 is 51.4 Å². The fourth-order valence-electron chi connectivity index (χ4n) is 3.52. The van der Waals surface area contributed by atoms with Gasteiger partial charge in [0.05, 0.1) is 17.7 Å². The topological polar surface area (TPSA) is 83.0 Å². The van der Waals surface area contributed by atoms with Crippen LogP contribution in [0.25, 0.3) is 11.8 Å². The Morgan fingerprint density at radius 3 is 2.65 bits per heavy atom. The molecule has 1 aromatic heterocycles. The van der Waals surface area contributed by atoms with E-state index in [0.717, 1.165) is 27.7 Å². The minimum Gasteiger partial charge on any atom is -0.495 e. The molecule has 160 valence electrons. The summed E-state index contributed by atoms with van der Waals surface area (Å²) in [6.07, 6.45) is 1.71. The van der Waals surface area contributed by atoms with E-state index in [0.29, 0.717) is 15.9 Å². The van der Waals surface area contributed by atoms with Gasteiger partial charge in [-0.05, 0) is 61.5 Å². The number of amides is 1. The van der Waals surface area contributed by atoms with Gasteiger partial charge in [0.2, 0.25) is 5.17 Å². The predicted molar refractivity (Wildman–Crippen MR) is 127 cm³/mol. The second-order valence-electron chi connectivity index (χ2n) is 7.59. The van der Waals surface area contributed by atoms with Crippen LogP contribution in [-0.4, -0.2) is 38.6 Å². The molecule has 2 aromatic rings. The van der Waals surface area contributed by atoms with Crippen molar-refractivity contribution in [2.45, 2.75) is 27.7 Å². The molecule has 1 aromatic carbocycles. The van der Waals surface area contributed by atoms with Crippen LogP contribution < -0.4 is 4.74 Å². The second kappa shape index (κ2) is 8.01. The zero-order valence-electron chi connectivity index (χ0n) is 17.9. The number of benzene rings is 1. The molecule has 2 aliphatic heterocycles. The normalized spacial score (nSPS) is 17.4. The number of nitrogens with zero attached hydrogens (tertiary/aromatic N) is 4. The van der Waals surface area contributed by atoms with Crippen molar-refractivity contribution in [3.8, 4) is 11.4 Å². The molecule has 7 nitrogen and oxygen atoms in total. The molecule has 0 saturated carbocycles. The number of halogens is 1. The van der Waals surface area contributed by atoms with Gasteiger partial charge >= 0.3 is 0 Å². The highest BCUT2D eigenvalue weighted by atomic mass is 35.5. The Kier molecular flexibility index (Phi) is 5.53. The molecule has 0 aliphatic carbocycles. The van der Waals surface area contributed by atoms with Crippen LogP contribution in [0.1, 0.15) is 30.8 Å². The predicted octanol–water partition coefficient (Wildman–Crippen LogP) is 5.03. The average molecular weight is 456 g/mol. The van der Waals surface area contributed by atoms with Gasteiger partial charge < -0.3 is 9.30 Å². The van der Waals surface area contributed by atoms with Gasteiger partial charge in [0.1, 0.15) is 10.8 Å². The van der Waals surface area contributed by atoms with Crippen molar-refractivity contribution < 1.29 is 9.53 Å². The van der Waals surface area contributed by atoms with Crippen molar-refractivity contribution in [3.63, 3.8) is 0 Å². The van der Waals surface area contributed by atoms with Crippen molar-refractivity contribution in [2.75, 3.05) is 7.11 Å². The summed E-state index contributed by atoms with van der Waals surface area (Å²) in [7, 11) is 1.58. The third-order valence-corrected chi connectivity index (χ3v) is 6.63. The Labute approximate surface area is 189 Å². The average Bonchev–Trinajstić information content (AvgIpc) is 3.26. The molecule has 0 fully saturated rings. The van der Waals surface area contributed by atoms with Gasteiger partial charge in [-0.1, -0.05) is 25.4 Å². The fourth-order valence-corrected chi connectivity index (χ4v) is 4.67. The van der Waals surface area contributed by atoms with E-state index in [2.05, 4.69) is 10.1 Å². The number of nitrogens with one attached hydrogen (secondary N) is 1. The number of aromatic nitrogens is 1. The maximum absolute atomic E-state index is 12.7. The molecule has 1 N–H and O–H groups in total. The highest BCUT2D eigenvalue weighted by molar-refractivity contribution is 8.27. The largest absolute Gasteiger partial charge is 0.495 e. The Morgan fingerprint density at radius 1 is 1.26 bits per heavy atom. The molecule has 0 atom stereocenters. The van der Waals surface area contributed by atoms with Crippen molar-refractivity contribution in [1.29, 1.82) is 5.41 Å². The Hall–Kier alpha value is -2.84. The van der Waals surface area contributed by atoms with Gasteiger partial charge in [-0.15, -0.1) is 0 Å². The molecule has 4 rings (SSSR count). The molecular weight excluding hydrogens is 434 g/mol. The molecule has 0 bridgehead atoms. The first kappa shape index (κ1) is 21.4. The Morgan fingerprint density at radius 2 is 2.00 bits per heavy atom. The van der Waals surface area contributed by atoms with Crippen LogP contribution in [-0.2, 0) is 4.79 Å². The van der Waals surface area contributed by atoms with Gasteiger partial charge in [0.25, 0.3) is 5.91 Å². The summed E-state index contributed by atoms with van der Waals surface area (Å²) in [6, 6.07) is 7.56. The summed E-state index contributed by atoms with van der Waals surface area (Å²) in [6.45, 7) is 7.98. The quantitative estimate of drug-likeness (QED) is 0.655. The molecule has 2 aliphatic rings. The molecule has 9 heteroatoms. The third-order valence-electron chi connectivity index (χ3n) is 5.13. The van der Waals surface area contributed by atoms with E-state index in [1.165, 1.54) is 16.8 Å². The first-order chi connectivity index (χ1) is 14.7. The van der Waals surface area contributed by atoms with Gasteiger partial charge in [-0.3, -0.25) is 10.2 Å². The minimum absolute atomic E-state index is 0.0374. The molecule has 1 amide bonds. The molecule has 3 heterocycles. The van der Waals surface area contributed by atoms with Crippen LogP contribution in [0.3, 0.4) is 0 Å². The maximum Gasteiger partial charge on any atom is 0.283 e. The molecule has 0 radical (unpaired) electrons. The number of hydrogen-bond acceptors (Lipinski definition) is 5. The zero-order chi connectivity index (χ0) is 22.4. The summed E-state index contributed by atoms with van der Waals surface area (Å²) < 4.78 is 7.29. The molecular formula is C22H22ClN5O2S. The zero-order valence-corrected chi connectivity index (χ0v) is 19.4. The van der Waals surface area contributed by atoms with Gasteiger partial charge in [-0.25, -0.2) is 0 Å². The Balaban J connectivity index is 1.74. The monoisotopic (exact) mass is 455 g/mol. The molecule has 0 unspecified atom stereocenters. The summed E-state index contributed by atoms with van der Waals surface area (Å²) in [5, 5.41) is 16.3. The number of carbonyl (C=O) groups is 1. The van der Waals surface area contributed by atoms with E-state index in [9.17, 15) is 4.79 Å². The van der Waals surface area contributed by atoms with Crippen LogP contribution in [0.5, 0.6) is 5.75 Å². The lowest BCUT2D eigenvalue weighted by molar-refractivity contribution is -0.114. The number of carbonyl (C=O) groups excluding carboxylic acids is 1. The lowest BCUT2D eigenvalue weighted by atomic mass is 10.1. The van der Waals surface area contributed by atoms with E-state index in [1.807, 2.05) is 56.5 Å². The van der Waals surface area contributed by atoms with Crippen molar-refractivity contribution in [1.82, 2.24) is 9.58 Å². The smallest absolute Gasteiger partial charge is 0.283 e. The van der Waals surface area contributed by atoms with Crippen molar-refractivity contribution in [3.05, 3.63) is 51.8 Å². The summed E-state index contributed by atoms with van der Waals surface area (Å²) >= 11 is 7.65. The van der Waals surface area contributed by atoms with Crippen LogP contribution in [0.2, 0.25) is 5.02 Å². The van der Waals surface area contributed by atoms with Crippen LogP contribution in [0.15, 0.2) is 39.9 Å². The van der Waals surface area contributed by atoms with E-state index in [4.69, 9.17) is 21.7 Å². The number of ether oxygens (including phenoxy) is 1. The van der Waals surface area contributed by atoms with E-state index in [-0.39, 0.29) is 17.3 Å². The second-order valence-corrected chi connectivity index (χ2v) is 8.99. The van der Waals surface area contributed by atoms with E-state index >= 15 is 0 Å². The summed E-state index contributed by atoms with van der Waals surface area (Å²) in [5.74, 6) is 0.413. The third kappa shape index (κ3) is 3.70. The first-order valence-corrected chi connectivity index (χ1v) is 10.9. The van der Waals surface area contributed by atoms with Gasteiger partial charge in [0.15, 0.2) is 5.84 Å². The lowest BCUT2D eigenvalue weighted by Crippen LogP contribution is -2.35. The van der Waals surface area contributed by atoms with Crippen LogP contribution >= 0.6 is 23.4 Å². The number of fused-ring (bicyclic) bond motifs is 1. The molecule has 0 saturated heterocycles. The SMILES string of the molecule is COc1ccc(-n2c(C)cc(/C=C3/C(=N)N4N=C(C(C)C)SC4=NC3=O)c2C)cc1Cl. The first-order valence-electron chi connectivity index (χ1n) is 9.74. The number of aliphatic imine (C=N–C) groups is 1. The molecule has 0 spiro atoms. The van der Waals surface area contributed by atoms with Crippen molar-refractivity contribution in [2.24, 2.45) is 16.0 Å². The number of hydrazone groups is 1. The highest BCUT2D eigenvalue weighted by Crippen LogP contribution is 2.33. The standard InChI is InChI=1S/C22H22ClN5O2S/c1-11(2)21-26-28-19(24)16(20(29)25-22(28)31-21)9-14-8-12(3)27(13(14)4)15-6-7-18(30-5)17(23)10-15/h6-11,24H,1-5H3/b16-9-,24-19?. The maximum atomic E-state index is 12.7.